The molecule has 0 unspecified atom stereocenters. The van der Waals surface area contributed by atoms with E-state index >= 15 is 0 Å². The molecule has 1 fully saturated rings. The van der Waals surface area contributed by atoms with Crippen molar-refractivity contribution in [2.45, 2.75) is 12.8 Å². The average Bonchev–Trinajstić information content (AvgIpc) is 2.40. The number of nitrogens with zero attached hydrogens (tertiary/aromatic N) is 1. The lowest BCUT2D eigenvalue weighted by atomic mass is 9.95. The van der Waals surface area contributed by atoms with Gasteiger partial charge in [0.2, 0.25) is 0 Å². The summed E-state index contributed by atoms with van der Waals surface area (Å²) in [5.74, 6) is 3.06. The number of hydrogen-bond donors (Lipinski definition) is 0. The van der Waals surface area contributed by atoms with E-state index in [1.807, 2.05) is 12.1 Å². The van der Waals surface area contributed by atoms with Gasteiger partial charge in [-0.05, 0) is 37.9 Å². The Labute approximate surface area is 108 Å². The minimum absolute atomic E-state index is 0.154. The van der Waals surface area contributed by atoms with Crippen LogP contribution in [0.4, 0.5) is 4.39 Å². The Balaban J connectivity index is 1.89. The SMILES string of the molecule is C#CCN1CCC(/C=C/c2ccccc2F)CC1. The van der Waals surface area contributed by atoms with Crippen LogP contribution >= 0.6 is 0 Å². The number of hydrogen-bond acceptors (Lipinski definition) is 1. The number of benzene rings is 1. The first kappa shape index (κ1) is 12.9. The molecule has 1 aromatic rings. The standard InChI is InChI=1S/C16H18FN/c1-2-11-18-12-9-14(10-13-18)7-8-15-5-3-4-6-16(15)17/h1,3-8,14H,9-13H2/b8-7+. The van der Waals surface area contributed by atoms with Crippen LogP contribution in [0.15, 0.2) is 30.3 Å². The van der Waals surface area contributed by atoms with Gasteiger partial charge in [0.1, 0.15) is 5.82 Å². The minimum Gasteiger partial charge on any atom is -0.292 e. The van der Waals surface area contributed by atoms with Gasteiger partial charge in [-0.15, -0.1) is 6.42 Å². The molecule has 0 radical (unpaired) electrons. The number of rotatable bonds is 3. The second-order valence-corrected chi connectivity index (χ2v) is 4.70. The van der Waals surface area contributed by atoms with Crippen molar-refractivity contribution in [3.63, 3.8) is 0 Å². The molecule has 1 aliphatic rings. The average molecular weight is 243 g/mol. The fourth-order valence-corrected chi connectivity index (χ4v) is 2.28. The molecule has 0 aromatic heterocycles. The Kier molecular flexibility index (Phi) is 4.55. The zero-order valence-corrected chi connectivity index (χ0v) is 10.5. The predicted molar refractivity (Wildman–Crippen MR) is 73.4 cm³/mol. The van der Waals surface area contributed by atoms with Gasteiger partial charge in [0.25, 0.3) is 0 Å². The molecule has 1 nitrogen and oxygen atoms in total. The van der Waals surface area contributed by atoms with Gasteiger partial charge in [-0.25, -0.2) is 4.39 Å². The fourth-order valence-electron chi connectivity index (χ4n) is 2.28. The van der Waals surface area contributed by atoms with E-state index in [9.17, 15) is 4.39 Å². The van der Waals surface area contributed by atoms with Gasteiger partial charge >= 0.3 is 0 Å². The lowest BCUT2D eigenvalue weighted by molar-refractivity contribution is 0.226. The third kappa shape index (κ3) is 3.45. The van der Waals surface area contributed by atoms with Crippen LogP contribution in [0, 0.1) is 24.1 Å². The zero-order chi connectivity index (χ0) is 12.8. The molecule has 1 saturated heterocycles. The summed E-state index contributed by atoms with van der Waals surface area (Å²) in [6, 6.07) is 6.87. The highest BCUT2D eigenvalue weighted by Gasteiger charge is 2.16. The van der Waals surface area contributed by atoms with Gasteiger partial charge in [0, 0.05) is 5.56 Å². The molecule has 94 valence electrons. The Bertz CT molecular complexity index is 450. The maximum atomic E-state index is 13.4. The summed E-state index contributed by atoms with van der Waals surface area (Å²) in [6.45, 7) is 2.82. The van der Waals surface area contributed by atoms with E-state index < -0.39 is 0 Å². The molecule has 0 amide bonds. The molecule has 0 N–H and O–H groups in total. The van der Waals surface area contributed by atoms with Crippen molar-refractivity contribution in [3.05, 3.63) is 41.7 Å². The van der Waals surface area contributed by atoms with E-state index in [0.29, 0.717) is 11.5 Å². The Hall–Kier alpha value is -1.59. The predicted octanol–water partition coefficient (Wildman–Crippen LogP) is 3.18. The normalized spacial score (nSPS) is 18.0. The summed E-state index contributed by atoms with van der Waals surface area (Å²) >= 11 is 0. The smallest absolute Gasteiger partial charge is 0.130 e. The van der Waals surface area contributed by atoms with Crippen LogP contribution < -0.4 is 0 Å². The molecule has 1 aromatic carbocycles. The topological polar surface area (TPSA) is 3.24 Å². The van der Waals surface area contributed by atoms with Crippen LogP contribution in [-0.2, 0) is 0 Å². The first-order valence-electron chi connectivity index (χ1n) is 6.38. The van der Waals surface area contributed by atoms with E-state index in [1.54, 1.807) is 12.1 Å². The molecule has 0 aliphatic carbocycles. The second-order valence-electron chi connectivity index (χ2n) is 4.70. The first-order chi connectivity index (χ1) is 8.79. The van der Waals surface area contributed by atoms with Crippen LogP contribution in [0.1, 0.15) is 18.4 Å². The van der Waals surface area contributed by atoms with E-state index in [1.165, 1.54) is 6.07 Å². The van der Waals surface area contributed by atoms with Gasteiger partial charge in [0.15, 0.2) is 0 Å². The molecule has 18 heavy (non-hydrogen) atoms. The van der Waals surface area contributed by atoms with Crippen molar-refractivity contribution in [2.75, 3.05) is 19.6 Å². The number of piperidine rings is 1. The van der Waals surface area contributed by atoms with Gasteiger partial charge in [0.05, 0.1) is 6.54 Å². The van der Waals surface area contributed by atoms with Crippen LogP contribution in [0.25, 0.3) is 6.08 Å². The number of halogens is 1. The molecule has 0 saturated carbocycles. The molecule has 0 spiro atoms. The highest BCUT2D eigenvalue weighted by molar-refractivity contribution is 5.50. The lowest BCUT2D eigenvalue weighted by Crippen LogP contribution is -2.33. The van der Waals surface area contributed by atoms with Crippen molar-refractivity contribution < 1.29 is 4.39 Å². The van der Waals surface area contributed by atoms with Crippen LogP contribution in [-0.4, -0.2) is 24.5 Å². The summed E-state index contributed by atoms with van der Waals surface area (Å²) in [4.78, 5) is 2.29. The molecule has 2 heteroatoms. The maximum absolute atomic E-state index is 13.4. The van der Waals surface area contributed by atoms with Crippen molar-refractivity contribution in [2.24, 2.45) is 5.92 Å². The monoisotopic (exact) mass is 243 g/mol. The van der Waals surface area contributed by atoms with Gasteiger partial charge in [-0.3, -0.25) is 4.90 Å². The fraction of sp³-hybridized carbons (Fsp3) is 0.375. The Morgan fingerprint density at radius 3 is 2.72 bits per heavy atom. The van der Waals surface area contributed by atoms with E-state index in [-0.39, 0.29) is 5.82 Å². The van der Waals surface area contributed by atoms with E-state index in [2.05, 4.69) is 16.9 Å². The number of likely N-dealkylation sites (tertiary alicyclic amines) is 1. The molecule has 0 bridgehead atoms. The van der Waals surface area contributed by atoms with E-state index in [4.69, 9.17) is 6.42 Å². The third-order valence-corrected chi connectivity index (χ3v) is 3.40. The highest BCUT2D eigenvalue weighted by atomic mass is 19.1. The Morgan fingerprint density at radius 2 is 2.06 bits per heavy atom. The molecule has 1 aliphatic heterocycles. The summed E-state index contributed by atoms with van der Waals surface area (Å²) < 4.78 is 13.4. The molecular weight excluding hydrogens is 225 g/mol. The largest absolute Gasteiger partial charge is 0.292 e. The van der Waals surface area contributed by atoms with Crippen LogP contribution in [0.5, 0.6) is 0 Å². The molecular formula is C16H18FN. The number of terminal acetylenes is 1. The third-order valence-electron chi connectivity index (χ3n) is 3.40. The van der Waals surface area contributed by atoms with Crippen molar-refractivity contribution >= 4 is 6.08 Å². The molecule has 1 heterocycles. The second kappa shape index (κ2) is 6.37. The Morgan fingerprint density at radius 1 is 1.33 bits per heavy atom. The van der Waals surface area contributed by atoms with Crippen molar-refractivity contribution in [1.29, 1.82) is 0 Å². The van der Waals surface area contributed by atoms with Crippen LogP contribution in [0.2, 0.25) is 0 Å². The number of allylic oxidation sites excluding steroid dienone is 1. The maximum Gasteiger partial charge on any atom is 0.130 e. The lowest BCUT2D eigenvalue weighted by Gasteiger charge is -2.28. The minimum atomic E-state index is -0.154. The van der Waals surface area contributed by atoms with Crippen molar-refractivity contribution in [3.8, 4) is 12.3 Å². The van der Waals surface area contributed by atoms with Gasteiger partial charge in [-0.1, -0.05) is 36.3 Å². The molecule has 0 atom stereocenters. The van der Waals surface area contributed by atoms with E-state index in [0.717, 1.165) is 32.5 Å². The summed E-state index contributed by atoms with van der Waals surface area (Å²) in [5, 5.41) is 0. The summed E-state index contributed by atoms with van der Waals surface area (Å²) in [7, 11) is 0. The quantitative estimate of drug-likeness (QED) is 0.737. The zero-order valence-electron chi connectivity index (χ0n) is 10.5. The van der Waals surface area contributed by atoms with Gasteiger partial charge < -0.3 is 0 Å². The molecule has 2 rings (SSSR count). The summed E-state index contributed by atoms with van der Waals surface area (Å²) in [5.41, 5.74) is 0.670. The van der Waals surface area contributed by atoms with Crippen molar-refractivity contribution in [1.82, 2.24) is 4.90 Å². The van der Waals surface area contributed by atoms with Gasteiger partial charge in [-0.2, -0.15) is 0 Å². The van der Waals surface area contributed by atoms with Crippen LogP contribution in [0.3, 0.4) is 0 Å². The highest BCUT2D eigenvalue weighted by Crippen LogP contribution is 2.20. The summed E-state index contributed by atoms with van der Waals surface area (Å²) in [6.07, 6.45) is 11.5. The first-order valence-corrected chi connectivity index (χ1v) is 6.38.